The van der Waals surface area contributed by atoms with Gasteiger partial charge in [-0.25, -0.2) is 4.68 Å². The van der Waals surface area contributed by atoms with Crippen molar-refractivity contribution in [3.63, 3.8) is 0 Å². The molecule has 1 aromatic heterocycles. The van der Waals surface area contributed by atoms with Crippen LogP contribution in [-0.4, -0.2) is 53.5 Å². The van der Waals surface area contributed by atoms with Crippen molar-refractivity contribution in [2.75, 3.05) is 33.0 Å². The van der Waals surface area contributed by atoms with E-state index in [1.54, 1.807) is 11.6 Å². The van der Waals surface area contributed by atoms with E-state index < -0.39 is 5.91 Å². The number of thiocarbonyl (C=S) groups is 1. The van der Waals surface area contributed by atoms with Gasteiger partial charge >= 0.3 is 0 Å². The maximum absolute atomic E-state index is 12.5. The van der Waals surface area contributed by atoms with E-state index in [4.69, 9.17) is 26.4 Å². The van der Waals surface area contributed by atoms with Crippen molar-refractivity contribution in [3.05, 3.63) is 23.5 Å². The SMILES string of the molecule is COc1cc(C(=O)NC(=S)Nn2c(C)nnc2SC)cc(OC)c1OC. The Bertz CT molecular complexity index is 799. The van der Waals surface area contributed by atoms with Gasteiger partial charge in [0.05, 0.1) is 21.3 Å². The minimum absolute atomic E-state index is 0.0990. The topological polar surface area (TPSA) is 99.5 Å². The molecule has 140 valence electrons. The molecular weight excluding hydrogens is 378 g/mol. The van der Waals surface area contributed by atoms with Gasteiger partial charge in [0.2, 0.25) is 10.9 Å². The number of amides is 1. The van der Waals surface area contributed by atoms with Crippen LogP contribution in [0.25, 0.3) is 0 Å². The number of hydrogen-bond donors (Lipinski definition) is 2. The fourth-order valence-corrected chi connectivity index (χ4v) is 2.79. The molecule has 2 aromatic rings. The molecule has 0 spiro atoms. The van der Waals surface area contributed by atoms with E-state index >= 15 is 0 Å². The second kappa shape index (κ2) is 8.72. The van der Waals surface area contributed by atoms with Crippen molar-refractivity contribution >= 4 is 35.0 Å². The first-order chi connectivity index (χ1) is 12.4. The molecule has 11 heteroatoms. The van der Waals surface area contributed by atoms with Crippen molar-refractivity contribution in [1.82, 2.24) is 20.2 Å². The lowest BCUT2D eigenvalue weighted by Crippen LogP contribution is -2.38. The van der Waals surface area contributed by atoms with Gasteiger partial charge in [-0.2, -0.15) is 0 Å². The summed E-state index contributed by atoms with van der Waals surface area (Å²) in [5.41, 5.74) is 3.17. The molecule has 0 unspecified atom stereocenters. The number of hydrogen-bond acceptors (Lipinski definition) is 8. The van der Waals surface area contributed by atoms with Crippen LogP contribution >= 0.6 is 24.0 Å². The quantitative estimate of drug-likeness (QED) is 0.556. The van der Waals surface area contributed by atoms with E-state index in [0.29, 0.717) is 33.8 Å². The number of methoxy groups -OCH3 is 3. The van der Waals surface area contributed by atoms with Crippen LogP contribution in [0.3, 0.4) is 0 Å². The smallest absolute Gasteiger partial charge is 0.257 e. The van der Waals surface area contributed by atoms with Crippen molar-refractivity contribution in [2.45, 2.75) is 12.1 Å². The average Bonchev–Trinajstić information content (AvgIpc) is 2.99. The van der Waals surface area contributed by atoms with E-state index in [1.807, 2.05) is 6.26 Å². The Balaban J connectivity index is 2.19. The summed E-state index contributed by atoms with van der Waals surface area (Å²) in [6.07, 6.45) is 1.86. The van der Waals surface area contributed by atoms with Crippen molar-refractivity contribution in [1.29, 1.82) is 0 Å². The Kier molecular flexibility index (Phi) is 6.64. The van der Waals surface area contributed by atoms with Gasteiger partial charge in [-0.15, -0.1) is 10.2 Å². The molecule has 1 heterocycles. The summed E-state index contributed by atoms with van der Waals surface area (Å²) in [6, 6.07) is 3.08. The highest BCUT2D eigenvalue weighted by Crippen LogP contribution is 2.38. The monoisotopic (exact) mass is 397 g/mol. The number of nitrogens with one attached hydrogen (secondary N) is 2. The highest BCUT2D eigenvalue weighted by atomic mass is 32.2. The van der Waals surface area contributed by atoms with Crippen LogP contribution in [-0.2, 0) is 0 Å². The van der Waals surface area contributed by atoms with Crippen molar-refractivity contribution < 1.29 is 19.0 Å². The number of aromatic nitrogens is 3. The molecule has 0 fully saturated rings. The lowest BCUT2D eigenvalue weighted by atomic mass is 10.1. The maximum Gasteiger partial charge on any atom is 0.257 e. The van der Waals surface area contributed by atoms with E-state index in [-0.39, 0.29) is 5.11 Å². The molecular formula is C15H19N5O4S2. The molecule has 0 radical (unpaired) electrons. The number of ether oxygens (including phenoxy) is 3. The summed E-state index contributed by atoms with van der Waals surface area (Å²) in [7, 11) is 4.44. The molecule has 1 aromatic carbocycles. The van der Waals surface area contributed by atoms with Crippen molar-refractivity contribution in [3.8, 4) is 17.2 Å². The van der Waals surface area contributed by atoms with E-state index in [9.17, 15) is 4.79 Å². The Labute approximate surface area is 160 Å². The number of carbonyl (C=O) groups excluding carboxylic acids is 1. The summed E-state index contributed by atoms with van der Waals surface area (Å²) in [5, 5.41) is 11.2. The van der Waals surface area contributed by atoms with Gasteiger partial charge in [0.15, 0.2) is 16.6 Å². The molecule has 0 aliphatic heterocycles. The standard InChI is InChI=1S/C15H19N5O4S2/c1-8-17-18-15(26-5)20(8)19-14(25)16-13(21)9-6-10(22-2)12(24-4)11(7-9)23-3/h6-7H,1-5H3,(H2,16,19,21,25). The number of nitrogens with zero attached hydrogens (tertiary/aromatic N) is 3. The van der Waals surface area contributed by atoms with Crippen LogP contribution in [0, 0.1) is 6.92 Å². The maximum atomic E-state index is 12.5. The average molecular weight is 397 g/mol. The lowest BCUT2D eigenvalue weighted by Gasteiger charge is -2.15. The fourth-order valence-electron chi connectivity index (χ4n) is 2.12. The second-order valence-electron chi connectivity index (χ2n) is 4.88. The molecule has 2 rings (SSSR count). The zero-order valence-electron chi connectivity index (χ0n) is 14.9. The van der Waals surface area contributed by atoms with Gasteiger partial charge in [0.1, 0.15) is 5.82 Å². The second-order valence-corrected chi connectivity index (χ2v) is 6.06. The van der Waals surface area contributed by atoms with Crippen LogP contribution < -0.4 is 25.0 Å². The first-order valence-electron chi connectivity index (χ1n) is 7.33. The molecule has 0 aliphatic rings. The third kappa shape index (κ3) is 4.17. The molecule has 0 atom stereocenters. The highest BCUT2D eigenvalue weighted by molar-refractivity contribution is 7.98. The number of carbonyl (C=O) groups is 1. The van der Waals surface area contributed by atoms with E-state index in [1.165, 1.54) is 45.2 Å². The van der Waals surface area contributed by atoms with Gasteiger partial charge in [0, 0.05) is 5.56 Å². The van der Waals surface area contributed by atoms with E-state index in [0.717, 1.165) is 0 Å². The number of rotatable bonds is 6. The number of benzene rings is 1. The first kappa shape index (κ1) is 19.8. The van der Waals surface area contributed by atoms with Gasteiger partial charge in [-0.3, -0.25) is 15.5 Å². The summed E-state index contributed by atoms with van der Waals surface area (Å²) in [4.78, 5) is 12.5. The predicted octanol–water partition coefficient (Wildman–Crippen LogP) is 1.59. The van der Waals surface area contributed by atoms with Crippen LogP contribution in [0.2, 0.25) is 0 Å². The molecule has 0 bridgehead atoms. The molecule has 2 N–H and O–H groups in total. The molecule has 0 aliphatic carbocycles. The summed E-state index contributed by atoms with van der Waals surface area (Å²) in [5.74, 6) is 1.32. The summed E-state index contributed by atoms with van der Waals surface area (Å²) >= 11 is 6.60. The van der Waals surface area contributed by atoms with Gasteiger partial charge in [-0.05, 0) is 37.5 Å². The predicted molar refractivity (Wildman–Crippen MR) is 102 cm³/mol. The lowest BCUT2D eigenvalue weighted by molar-refractivity contribution is 0.0976. The van der Waals surface area contributed by atoms with Crippen molar-refractivity contribution in [2.24, 2.45) is 0 Å². The minimum atomic E-state index is -0.432. The largest absolute Gasteiger partial charge is 0.493 e. The van der Waals surface area contributed by atoms with Crippen LogP contribution in [0.1, 0.15) is 16.2 Å². The minimum Gasteiger partial charge on any atom is -0.493 e. The third-order valence-electron chi connectivity index (χ3n) is 3.35. The molecule has 9 nitrogen and oxygen atoms in total. The van der Waals surface area contributed by atoms with Crippen LogP contribution in [0.15, 0.2) is 17.3 Å². The van der Waals surface area contributed by atoms with Gasteiger partial charge in [0.25, 0.3) is 5.91 Å². The van der Waals surface area contributed by atoms with E-state index in [2.05, 4.69) is 20.9 Å². The Morgan fingerprint density at radius 3 is 2.27 bits per heavy atom. The zero-order valence-corrected chi connectivity index (χ0v) is 16.6. The number of thioether (sulfide) groups is 1. The van der Waals surface area contributed by atoms with Gasteiger partial charge in [-0.1, -0.05) is 11.8 Å². The molecule has 1 amide bonds. The molecule has 0 saturated carbocycles. The fraction of sp³-hybridized carbons (Fsp3) is 0.333. The summed E-state index contributed by atoms with van der Waals surface area (Å²) < 4.78 is 17.3. The van der Waals surface area contributed by atoms with Crippen LogP contribution in [0.5, 0.6) is 17.2 Å². The Hall–Kier alpha value is -2.53. The normalized spacial score (nSPS) is 10.2. The zero-order chi connectivity index (χ0) is 19.3. The van der Waals surface area contributed by atoms with Gasteiger partial charge < -0.3 is 14.2 Å². The Morgan fingerprint density at radius 1 is 1.15 bits per heavy atom. The highest BCUT2D eigenvalue weighted by Gasteiger charge is 2.18. The third-order valence-corrected chi connectivity index (χ3v) is 4.17. The molecule has 0 saturated heterocycles. The number of aryl methyl sites for hydroxylation is 1. The molecule has 26 heavy (non-hydrogen) atoms. The van der Waals surface area contributed by atoms with Crippen LogP contribution in [0.4, 0.5) is 0 Å². The first-order valence-corrected chi connectivity index (χ1v) is 8.96. The summed E-state index contributed by atoms with van der Waals surface area (Å²) in [6.45, 7) is 1.77. The Morgan fingerprint density at radius 2 is 1.77 bits per heavy atom.